The highest BCUT2D eigenvalue weighted by Gasteiger charge is 2.22. The van der Waals surface area contributed by atoms with Gasteiger partial charge in [-0.2, -0.15) is 4.99 Å². The maximum absolute atomic E-state index is 12.3. The number of aliphatic hydroxyl groups excluding tert-OH is 1. The van der Waals surface area contributed by atoms with Crippen LogP contribution in [-0.4, -0.2) is 38.9 Å². The van der Waals surface area contributed by atoms with Crippen molar-refractivity contribution < 1.29 is 9.90 Å². The fourth-order valence-electron chi connectivity index (χ4n) is 2.91. The van der Waals surface area contributed by atoms with Crippen molar-refractivity contribution in [2.75, 3.05) is 23.8 Å². The molecule has 0 aliphatic carbocycles. The van der Waals surface area contributed by atoms with Gasteiger partial charge in [0.2, 0.25) is 5.95 Å². The number of aliphatic hydroxyl groups is 1. The average molecular weight is 428 g/mol. The molecule has 148 valence electrons. The average Bonchev–Trinajstić information content (AvgIpc) is 3.21. The molecule has 1 aliphatic heterocycles. The molecule has 0 unspecified atom stereocenters. The predicted octanol–water partition coefficient (Wildman–Crippen LogP) is 3.71. The van der Waals surface area contributed by atoms with Crippen LogP contribution in [0.4, 0.5) is 11.6 Å². The van der Waals surface area contributed by atoms with Gasteiger partial charge in [0.25, 0.3) is 5.91 Å². The summed E-state index contributed by atoms with van der Waals surface area (Å²) in [6.07, 6.45) is 1.81. The Hall–Kier alpha value is -2.81. The van der Waals surface area contributed by atoms with Crippen molar-refractivity contribution in [1.29, 1.82) is 0 Å². The minimum absolute atomic E-state index is 0.0322. The van der Waals surface area contributed by atoms with Gasteiger partial charge in [-0.15, -0.1) is 0 Å². The number of hydrogen-bond acceptors (Lipinski definition) is 6. The highest BCUT2D eigenvalue weighted by atomic mass is 35.5. The molecule has 7 nitrogen and oxygen atoms in total. The normalized spacial score (nSPS) is 15.2. The van der Waals surface area contributed by atoms with Crippen LogP contribution in [-0.2, 0) is 11.8 Å². The molecule has 4 rings (SSSR count). The standard InChI is InChI=1S/C20H18ClN5O2S/c1-26-16-10-12(6-7-15(16)23-19(26)22-8-9-27)11-17-18(28)25-20(29-17)24-14-5-3-2-4-13(14)21/h2-7,10-11,27H,8-9H2,1H3,(H,22,23)(H,24,25,28)/b17-11-. The van der Waals surface area contributed by atoms with Crippen LogP contribution in [0.5, 0.6) is 0 Å². The number of rotatable bonds is 5. The second kappa shape index (κ2) is 8.28. The molecule has 0 atom stereocenters. The third-order valence-electron chi connectivity index (χ3n) is 4.33. The van der Waals surface area contributed by atoms with E-state index < -0.39 is 0 Å². The van der Waals surface area contributed by atoms with E-state index in [1.807, 2.05) is 54.1 Å². The molecule has 0 saturated carbocycles. The van der Waals surface area contributed by atoms with E-state index in [0.717, 1.165) is 16.6 Å². The maximum atomic E-state index is 12.3. The quantitative estimate of drug-likeness (QED) is 0.537. The Balaban J connectivity index is 1.55. The van der Waals surface area contributed by atoms with Gasteiger partial charge in [0, 0.05) is 13.6 Å². The first kappa shape index (κ1) is 19.5. The van der Waals surface area contributed by atoms with Crippen LogP contribution in [0.1, 0.15) is 5.56 Å². The number of hydrogen-bond donors (Lipinski definition) is 3. The van der Waals surface area contributed by atoms with Gasteiger partial charge in [-0.3, -0.25) is 4.79 Å². The first-order valence-electron chi connectivity index (χ1n) is 8.90. The predicted molar refractivity (Wildman–Crippen MR) is 119 cm³/mol. The number of benzene rings is 2. The highest BCUT2D eigenvalue weighted by molar-refractivity contribution is 8.18. The largest absolute Gasteiger partial charge is 0.395 e. The molecule has 0 saturated heterocycles. The van der Waals surface area contributed by atoms with Gasteiger partial charge in [0.05, 0.1) is 33.3 Å². The van der Waals surface area contributed by atoms with Crippen molar-refractivity contribution in [3.05, 3.63) is 58.0 Å². The minimum atomic E-state index is -0.292. The first-order valence-corrected chi connectivity index (χ1v) is 10.1. The van der Waals surface area contributed by atoms with E-state index in [2.05, 4.69) is 20.6 Å². The summed E-state index contributed by atoms with van der Waals surface area (Å²) < 4.78 is 1.91. The number of para-hydroxylation sites is 1. The molecule has 2 heterocycles. The Bertz CT molecular complexity index is 1150. The minimum Gasteiger partial charge on any atom is -0.395 e. The van der Waals surface area contributed by atoms with Gasteiger partial charge < -0.3 is 20.3 Å². The summed E-state index contributed by atoms with van der Waals surface area (Å²) in [7, 11) is 1.90. The van der Waals surface area contributed by atoms with Crippen LogP contribution in [0.25, 0.3) is 17.1 Å². The third-order valence-corrected chi connectivity index (χ3v) is 5.56. The topological polar surface area (TPSA) is 91.5 Å². The summed E-state index contributed by atoms with van der Waals surface area (Å²) in [5.74, 6) is 0.389. The zero-order chi connectivity index (χ0) is 20.4. The Morgan fingerprint density at radius 2 is 2.10 bits per heavy atom. The Labute approximate surface area is 176 Å². The van der Waals surface area contributed by atoms with Crippen molar-refractivity contribution in [1.82, 2.24) is 9.55 Å². The van der Waals surface area contributed by atoms with Gasteiger partial charge in [-0.1, -0.05) is 29.8 Å². The number of aromatic nitrogens is 2. The molecule has 0 radical (unpaired) electrons. The van der Waals surface area contributed by atoms with E-state index in [4.69, 9.17) is 16.7 Å². The number of imidazole rings is 1. The number of amides is 1. The molecule has 1 aromatic heterocycles. The van der Waals surface area contributed by atoms with Crippen LogP contribution < -0.4 is 10.6 Å². The maximum Gasteiger partial charge on any atom is 0.286 e. The van der Waals surface area contributed by atoms with E-state index in [0.29, 0.717) is 33.3 Å². The van der Waals surface area contributed by atoms with E-state index in [9.17, 15) is 4.79 Å². The highest BCUT2D eigenvalue weighted by Crippen LogP contribution is 2.31. The number of fused-ring (bicyclic) bond motifs is 1. The van der Waals surface area contributed by atoms with Crippen molar-refractivity contribution in [3.8, 4) is 0 Å². The lowest BCUT2D eigenvalue weighted by molar-refractivity contribution is -0.113. The van der Waals surface area contributed by atoms with Crippen LogP contribution in [0.2, 0.25) is 5.02 Å². The number of thioether (sulfide) groups is 1. The van der Waals surface area contributed by atoms with Crippen molar-refractivity contribution in [2.45, 2.75) is 0 Å². The molecule has 0 spiro atoms. The molecule has 3 N–H and O–H groups in total. The molecular formula is C20H18ClN5O2S. The first-order chi connectivity index (χ1) is 14.0. The van der Waals surface area contributed by atoms with Gasteiger partial charge in [0.15, 0.2) is 5.17 Å². The zero-order valence-corrected chi connectivity index (χ0v) is 17.1. The van der Waals surface area contributed by atoms with Crippen molar-refractivity contribution in [3.63, 3.8) is 0 Å². The molecule has 1 amide bonds. The zero-order valence-electron chi connectivity index (χ0n) is 15.5. The lowest BCUT2D eigenvalue weighted by atomic mass is 10.2. The smallest absolute Gasteiger partial charge is 0.286 e. The molecule has 29 heavy (non-hydrogen) atoms. The van der Waals surface area contributed by atoms with Crippen LogP contribution in [0.15, 0.2) is 52.4 Å². The van der Waals surface area contributed by atoms with Gasteiger partial charge in [-0.25, -0.2) is 4.98 Å². The third kappa shape index (κ3) is 4.14. The number of amidine groups is 1. The van der Waals surface area contributed by atoms with Crippen molar-refractivity contribution >= 4 is 63.2 Å². The lowest BCUT2D eigenvalue weighted by Crippen LogP contribution is -2.09. The van der Waals surface area contributed by atoms with Gasteiger partial charge >= 0.3 is 0 Å². The van der Waals surface area contributed by atoms with E-state index >= 15 is 0 Å². The summed E-state index contributed by atoms with van der Waals surface area (Å²) in [5, 5.41) is 16.2. The van der Waals surface area contributed by atoms with Crippen molar-refractivity contribution in [2.24, 2.45) is 12.0 Å². The molecule has 9 heteroatoms. The fraction of sp³-hybridized carbons (Fsp3) is 0.150. The van der Waals surface area contributed by atoms with E-state index in [1.54, 1.807) is 6.07 Å². The van der Waals surface area contributed by atoms with E-state index in [-0.39, 0.29) is 12.5 Å². The number of anilines is 2. The van der Waals surface area contributed by atoms with Crippen LogP contribution in [0.3, 0.4) is 0 Å². The number of nitrogens with one attached hydrogen (secondary N) is 2. The summed E-state index contributed by atoms with van der Waals surface area (Å²) in [6.45, 7) is 0.461. The number of aliphatic imine (C=N–C) groups is 1. The van der Waals surface area contributed by atoms with Crippen LogP contribution in [0, 0.1) is 0 Å². The second-order valence-electron chi connectivity index (χ2n) is 6.33. The molecule has 3 aromatic rings. The number of nitrogens with zero attached hydrogens (tertiary/aromatic N) is 3. The summed E-state index contributed by atoms with van der Waals surface area (Å²) in [5.41, 5.74) is 3.33. The Morgan fingerprint density at radius 3 is 2.90 bits per heavy atom. The van der Waals surface area contributed by atoms with Gasteiger partial charge in [-0.05, 0) is 47.7 Å². The second-order valence-corrected chi connectivity index (χ2v) is 7.77. The molecule has 0 bridgehead atoms. The lowest BCUT2D eigenvalue weighted by Gasteiger charge is -2.06. The summed E-state index contributed by atoms with van der Waals surface area (Å²) in [4.78, 5) is 21.4. The summed E-state index contributed by atoms with van der Waals surface area (Å²) >= 11 is 7.43. The molecule has 0 fully saturated rings. The Kier molecular flexibility index (Phi) is 5.57. The molecule has 1 aliphatic rings. The fourth-order valence-corrected chi connectivity index (χ4v) is 3.92. The van der Waals surface area contributed by atoms with E-state index in [1.165, 1.54) is 11.8 Å². The van der Waals surface area contributed by atoms with Gasteiger partial charge in [0.1, 0.15) is 0 Å². The molecular weight excluding hydrogens is 410 g/mol. The monoisotopic (exact) mass is 427 g/mol. The van der Waals surface area contributed by atoms with Crippen LogP contribution >= 0.6 is 23.4 Å². The number of halogens is 1. The Morgan fingerprint density at radius 1 is 1.28 bits per heavy atom. The number of aryl methyl sites for hydroxylation is 1. The number of carbonyl (C=O) groups excluding carboxylic acids is 1. The summed E-state index contributed by atoms with van der Waals surface area (Å²) in [6, 6.07) is 13.1. The number of carbonyl (C=O) groups is 1. The molecule has 2 aromatic carbocycles. The SMILES string of the molecule is Cn1c(NCCO)nc2ccc(/C=C3\SC(Nc4ccccc4Cl)=NC3=O)cc21.